The van der Waals surface area contributed by atoms with E-state index >= 15 is 0 Å². The van der Waals surface area contributed by atoms with Crippen LogP contribution in [0.5, 0.6) is 0 Å². The minimum Gasteiger partial charge on any atom is -0.381 e. The van der Waals surface area contributed by atoms with Gasteiger partial charge in [-0.2, -0.15) is 0 Å². The first kappa shape index (κ1) is 14.6. The third-order valence-electron chi connectivity index (χ3n) is 6.41. The predicted molar refractivity (Wildman–Crippen MR) is 84.4 cm³/mol. The van der Waals surface area contributed by atoms with Crippen LogP contribution in [0.25, 0.3) is 0 Å². The van der Waals surface area contributed by atoms with Crippen LogP contribution in [0.2, 0.25) is 5.28 Å². The smallest absolute Gasteiger partial charge is 0.225 e. The van der Waals surface area contributed by atoms with Crippen LogP contribution in [-0.2, 0) is 9.47 Å². The van der Waals surface area contributed by atoms with Crippen molar-refractivity contribution in [2.75, 3.05) is 26.4 Å². The molecule has 124 valence electrons. The topological polar surface area (TPSA) is 57.1 Å². The molecule has 0 amide bonds. The Balaban J connectivity index is 1.51. The van der Waals surface area contributed by atoms with Gasteiger partial charge in [0.25, 0.3) is 0 Å². The van der Waals surface area contributed by atoms with E-state index in [2.05, 4.69) is 9.97 Å². The normalized spacial score (nSPS) is 42.1. The highest BCUT2D eigenvalue weighted by Crippen LogP contribution is 2.48. The summed E-state index contributed by atoms with van der Waals surface area (Å²) < 4.78 is 11.4. The molecule has 0 spiro atoms. The molecule has 5 nitrogen and oxygen atoms in total. The largest absolute Gasteiger partial charge is 0.381 e. The van der Waals surface area contributed by atoms with Crippen molar-refractivity contribution >= 4 is 11.6 Å². The first-order valence-corrected chi connectivity index (χ1v) is 9.24. The Morgan fingerprint density at radius 1 is 0.652 bits per heavy atom. The first-order chi connectivity index (χ1) is 11.3. The molecule has 5 rings (SSSR count). The highest BCUT2D eigenvalue weighted by Gasteiger charge is 2.45. The summed E-state index contributed by atoms with van der Waals surface area (Å²) in [6.45, 7) is 3.34. The Kier molecular flexibility index (Phi) is 3.57. The van der Waals surface area contributed by atoms with Crippen molar-refractivity contribution in [3.63, 3.8) is 0 Å². The monoisotopic (exact) mass is 335 g/mol. The Morgan fingerprint density at radius 2 is 1.04 bits per heavy atom. The standard InChI is InChI=1S/C17H22ClN3O2/c18-17-20-15(13-9-1-2-10(13)6-22-5-9)19-16(21-17)14-11-3-4-12(14)8-23-7-11/h9-14H,1-8H2. The number of fused-ring (bicyclic) bond motifs is 4. The van der Waals surface area contributed by atoms with E-state index in [-0.39, 0.29) is 0 Å². The molecule has 2 saturated carbocycles. The fraction of sp³-hybridized carbons (Fsp3) is 0.824. The fourth-order valence-electron chi connectivity index (χ4n) is 5.36. The molecule has 4 atom stereocenters. The maximum absolute atomic E-state index is 6.30. The van der Waals surface area contributed by atoms with Crippen LogP contribution in [-0.4, -0.2) is 41.4 Å². The highest BCUT2D eigenvalue weighted by molar-refractivity contribution is 6.28. The quantitative estimate of drug-likeness (QED) is 0.831. The summed E-state index contributed by atoms with van der Waals surface area (Å²) in [5.41, 5.74) is 0. The summed E-state index contributed by atoms with van der Waals surface area (Å²) in [5.74, 6) is 4.83. The number of hydrogen-bond acceptors (Lipinski definition) is 5. The third-order valence-corrected chi connectivity index (χ3v) is 6.58. The van der Waals surface area contributed by atoms with Gasteiger partial charge in [0.1, 0.15) is 11.6 Å². The van der Waals surface area contributed by atoms with Crippen molar-refractivity contribution in [2.45, 2.75) is 37.5 Å². The maximum Gasteiger partial charge on any atom is 0.225 e. The number of hydrogen-bond donors (Lipinski definition) is 0. The van der Waals surface area contributed by atoms with Gasteiger partial charge in [-0.3, -0.25) is 0 Å². The molecule has 2 aliphatic carbocycles. The number of nitrogens with zero attached hydrogens (tertiary/aromatic N) is 3. The zero-order chi connectivity index (χ0) is 15.4. The van der Waals surface area contributed by atoms with Gasteiger partial charge in [0.15, 0.2) is 0 Å². The van der Waals surface area contributed by atoms with Crippen molar-refractivity contribution in [3.05, 3.63) is 16.9 Å². The van der Waals surface area contributed by atoms with Gasteiger partial charge in [0.05, 0.1) is 26.4 Å². The SMILES string of the molecule is Clc1nc(C2C3CCC2COC3)nc(C2C3CCC2COC3)n1. The molecule has 1 aromatic heterocycles. The summed E-state index contributed by atoms with van der Waals surface area (Å²) in [7, 11) is 0. The van der Waals surface area contributed by atoms with Gasteiger partial charge in [0.2, 0.25) is 5.28 Å². The van der Waals surface area contributed by atoms with E-state index in [4.69, 9.17) is 26.1 Å². The molecule has 2 aliphatic heterocycles. The number of aromatic nitrogens is 3. The number of rotatable bonds is 2. The third kappa shape index (κ3) is 2.39. The van der Waals surface area contributed by atoms with Gasteiger partial charge >= 0.3 is 0 Å². The average Bonchev–Trinajstić information content (AvgIpc) is 2.95. The molecular formula is C17H22ClN3O2. The Bertz CT molecular complexity index is 533. The van der Waals surface area contributed by atoms with Crippen molar-refractivity contribution in [3.8, 4) is 0 Å². The summed E-state index contributed by atoms with van der Waals surface area (Å²) in [6.07, 6.45) is 4.87. The summed E-state index contributed by atoms with van der Waals surface area (Å²) in [4.78, 5) is 14.0. The molecule has 0 aromatic carbocycles. The van der Waals surface area contributed by atoms with Crippen molar-refractivity contribution in [1.82, 2.24) is 15.0 Å². The zero-order valence-electron chi connectivity index (χ0n) is 13.2. The van der Waals surface area contributed by atoms with Crippen LogP contribution in [0.15, 0.2) is 0 Å². The maximum atomic E-state index is 6.30. The highest BCUT2D eigenvalue weighted by atomic mass is 35.5. The molecule has 0 N–H and O–H groups in total. The molecule has 4 bridgehead atoms. The van der Waals surface area contributed by atoms with Gasteiger partial charge < -0.3 is 9.47 Å². The van der Waals surface area contributed by atoms with Gasteiger partial charge in [-0.25, -0.2) is 15.0 Å². The van der Waals surface area contributed by atoms with Crippen LogP contribution < -0.4 is 0 Å². The lowest BCUT2D eigenvalue weighted by atomic mass is 9.86. The molecule has 2 saturated heterocycles. The lowest BCUT2D eigenvalue weighted by Gasteiger charge is -2.31. The van der Waals surface area contributed by atoms with E-state index in [1.54, 1.807) is 0 Å². The van der Waals surface area contributed by atoms with Crippen LogP contribution in [0.4, 0.5) is 0 Å². The van der Waals surface area contributed by atoms with Crippen LogP contribution >= 0.6 is 11.6 Å². The molecule has 23 heavy (non-hydrogen) atoms. The van der Waals surface area contributed by atoms with E-state index in [0.717, 1.165) is 38.1 Å². The molecule has 1 aromatic rings. The Hall–Kier alpha value is -0.780. The number of halogens is 1. The van der Waals surface area contributed by atoms with E-state index in [1.165, 1.54) is 25.7 Å². The molecule has 3 heterocycles. The predicted octanol–water partition coefficient (Wildman–Crippen LogP) is 2.81. The Labute approximate surface area is 141 Å². The molecular weight excluding hydrogens is 314 g/mol. The zero-order valence-corrected chi connectivity index (χ0v) is 13.9. The number of ether oxygens (including phenoxy) is 2. The average molecular weight is 336 g/mol. The van der Waals surface area contributed by atoms with E-state index in [0.29, 0.717) is 40.8 Å². The second kappa shape index (κ2) is 5.64. The molecule has 6 heteroatoms. The van der Waals surface area contributed by atoms with Crippen LogP contribution in [0.3, 0.4) is 0 Å². The second-order valence-electron chi connectivity index (χ2n) is 7.64. The summed E-state index contributed by atoms with van der Waals surface area (Å²) >= 11 is 6.30. The summed E-state index contributed by atoms with van der Waals surface area (Å²) in [6, 6.07) is 0. The van der Waals surface area contributed by atoms with E-state index < -0.39 is 0 Å². The lowest BCUT2D eigenvalue weighted by molar-refractivity contribution is 0.0267. The van der Waals surface area contributed by atoms with Gasteiger partial charge in [0, 0.05) is 11.8 Å². The minimum atomic E-state index is 0.363. The molecule has 4 aliphatic rings. The van der Waals surface area contributed by atoms with Gasteiger partial charge in [-0.1, -0.05) is 0 Å². The second-order valence-corrected chi connectivity index (χ2v) is 7.98. The first-order valence-electron chi connectivity index (χ1n) is 8.86. The molecule has 4 unspecified atom stereocenters. The fourth-order valence-corrected chi connectivity index (χ4v) is 5.53. The van der Waals surface area contributed by atoms with Crippen molar-refractivity contribution < 1.29 is 9.47 Å². The molecule has 4 fully saturated rings. The van der Waals surface area contributed by atoms with Crippen molar-refractivity contribution in [2.24, 2.45) is 23.7 Å². The molecule has 0 radical (unpaired) electrons. The lowest BCUT2D eigenvalue weighted by Crippen LogP contribution is -2.31. The summed E-state index contributed by atoms with van der Waals surface area (Å²) in [5, 5.41) is 0.363. The van der Waals surface area contributed by atoms with E-state index in [9.17, 15) is 0 Å². The van der Waals surface area contributed by atoms with Crippen LogP contribution in [0, 0.1) is 23.7 Å². The minimum absolute atomic E-state index is 0.363. The van der Waals surface area contributed by atoms with E-state index in [1.807, 2.05) is 0 Å². The van der Waals surface area contributed by atoms with Crippen molar-refractivity contribution in [1.29, 1.82) is 0 Å². The van der Waals surface area contributed by atoms with Crippen LogP contribution in [0.1, 0.15) is 49.2 Å². The van der Waals surface area contributed by atoms with Gasteiger partial charge in [-0.15, -0.1) is 0 Å². The Morgan fingerprint density at radius 3 is 1.43 bits per heavy atom. The van der Waals surface area contributed by atoms with Gasteiger partial charge in [-0.05, 0) is 61.0 Å².